The average molecular weight is 613 g/mol. The zero-order chi connectivity index (χ0) is 31.0. The summed E-state index contributed by atoms with van der Waals surface area (Å²) in [6.45, 7) is 9.95. The van der Waals surface area contributed by atoms with Gasteiger partial charge in [-0.05, 0) is 49.8 Å². The normalized spacial score (nSPS) is 14.1. The van der Waals surface area contributed by atoms with E-state index >= 15 is 0 Å². The number of anilines is 1. The van der Waals surface area contributed by atoms with Crippen LogP contribution in [-0.2, 0) is 20.0 Å². The number of carbonyl (C=O) groups is 1. The fourth-order valence-electron chi connectivity index (χ4n) is 6.92. The Morgan fingerprint density at radius 2 is 1.75 bits per heavy atom. The third-order valence-electron chi connectivity index (χ3n) is 9.19. The Balaban J connectivity index is 1.41. The van der Waals surface area contributed by atoms with Crippen molar-refractivity contribution in [1.82, 2.24) is 24.6 Å². The summed E-state index contributed by atoms with van der Waals surface area (Å²) in [5.74, 6) is -0.902. The second-order valence-corrected chi connectivity index (χ2v) is 12.3. The number of aryl methyl sites for hydroxylation is 3. The lowest BCUT2D eigenvalue weighted by molar-refractivity contribution is 0.0683. The number of carboxylic acids is 1. The first kappa shape index (κ1) is 30.2. The smallest absolute Gasteiger partial charge is 0.352 e. The molecule has 8 nitrogen and oxygen atoms in total. The van der Waals surface area contributed by atoms with Gasteiger partial charge >= 0.3 is 5.97 Å². The summed E-state index contributed by atoms with van der Waals surface area (Å²) < 4.78 is 3.90. The van der Waals surface area contributed by atoms with Gasteiger partial charge in [0, 0.05) is 93.2 Å². The van der Waals surface area contributed by atoms with Crippen molar-refractivity contribution >= 4 is 44.9 Å². The Morgan fingerprint density at radius 3 is 2.48 bits per heavy atom. The largest absolute Gasteiger partial charge is 0.477 e. The van der Waals surface area contributed by atoms with Crippen LogP contribution in [0.5, 0.6) is 0 Å². The topological polar surface area (TPSA) is 78.6 Å². The molecular weight excluding hydrogens is 572 g/mol. The number of hydrogen-bond acceptors (Lipinski definition) is 5. The predicted molar refractivity (Wildman–Crippen MR) is 180 cm³/mol. The summed E-state index contributed by atoms with van der Waals surface area (Å²) in [7, 11) is 4.05. The van der Waals surface area contributed by atoms with Crippen molar-refractivity contribution in [3.8, 4) is 11.1 Å². The van der Waals surface area contributed by atoms with Crippen molar-refractivity contribution < 1.29 is 9.90 Å². The SMILES string of the molecule is Cc1nn(C)c(C)c1-c1c(Cl)ccc2c(CCCN(C)c3cccc4ccccc34)c(C(=O)O)n(CCN3CCNCC3)c12. The number of hydrogen-bond donors (Lipinski definition) is 2. The number of benzene rings is 3. The van der Waals surface area contributed by atoms with Crippen molar-refractivity contribution in [2.45, 2.75) is 33.2 Å². The number of fused-ring (bicyclic) bond motifs is 2. The number of nitrogens with zero attached hydrogens (tertiary/aromatic N) is 5. The molecule has 0 bridgehead atoms. The highest BCUT2D eigenvalue weighted by molar-refractivity contribution is 6.35. The summed E-state index contributed by atoms with van der Waals surface area (Å²) in [5.41, 5.74) is 7.03. The molecule has 6 rings (SSSR count). The first-order valence-corrected chi connectivity index (χ1v) is 15.8. The van der Waals surface area contributed by atoms with Crippen LogP contribution in [0.25, 0.3) is 32.8 Å². The molecule has 1 fully saturated rings. The van der Waals surface area contributed by atoms with Crippen molar-refractivity contribution in [2.75, 3.05) is 51.2 Å². The Kier molecular flexibility index (Phi) is 8.67. The first-order valence-electron chi connectivity index (χ1n) is 15.5. The molecule has 1 aliphatic heterocycles. The monoisotopic (exact) mass is 612 g/mol. The Labute approximate surface area is 263 Å². The number of nitrogens with one attached hydrogen (secondary N) is 1. The van der Waals surface area contributed by atoms with Gasteiger partial charge in [-0.2, -0.15) is 5.10 Å². The zero-order valence-corrected chi connectivity index (χ0v) is 26.8. The number of aromatic carboxylic acids is 1. The summed E-state index contributed by atoms with van der Waals surface area (Å²) in [6, 6.07) is 18.7. The van der Waals surface area contributed by atoms with Gasteiger partial charge < -0.3 is 19.9 Å². The van der Waals surface area contributed by atoms with Crippen molar-refractivity contribution in [3.05, 3.63) is 82.3 Å². The molecule has 3 aromatic carbocycles. The molecule has 2 aromatic heterocycles. The van der Waals surface area contributed by atoms with Gasteiger partial charge in [0.2, 0.25) is 0 Å². The molecule has 44 heavy (non-hydrogen) atoms. The summed E-state index contributed by atoms with van der Waals surface area (Å²) >= 11 is 6.99. The number of aromatic nitrogens is 3. The fraction of sp³-hybridized carbons (Fsp3) is 0.371. The van der Waals surface area contributed by atoms with Crippen LogP contribution in [0, 0.1) is 13.8 Å². The van der Waals surface area contributed by atoms with Crippen LogP contribution >= 0.6 is 11.6 Å². The maximum atomic E-state index is 13.1. The van der Waals surface area contributed by atoms with Crippen molar-refractivity contribution in [3.63, 3.8) is 0 Å². The number of halogens is 1. The molecule has 2 N–H and O–H groups in total. The fourth-order valence-corrected chi connectivity index (χ4v) is 7.16. The van der Waals surface area contributed by atoms with E-state index in [1.807, 2.05) is 42.3 Å². The van der Waals surface area contributed by atoms with Gasteiger partial charge in [0.05, 0.1) is 16.2 Å². The number of piperazine rings is 1. The molecule has 0 amide bonds. The highest BCUT2D eigenvalue weighted by atomic mass is 35.5. The standard InChI is InChI=1S/C35H41ClN6O2/c1-23-31(24(2)40(4)38-23)32-29(36)15-14-28-27(12-8-18-39(3)30-13-7-10-25-9-5-6-11-26(25)30)34(35(43)44)42(33(28)32)22-21-41-19-16-37-17-20-41/h5-7,9-11,13-15,37H,8,12,16-22H2,1-4H3,(H,43,44). The van der Waals surface area contributed by atoms with Gasteiger partial charge in [0.1, 0.15) is 5.69 Å². The van der Waals surface area contributed by atoms with Gasteiger partial charge in [-0.15, -0.1) is 0 Å². The summed E-state index contributed by atoms with van der Waals surface area (Å²) in [4.78, 5) is 17.8. The quantitative estimate of drug-likeness (QED) is 0.197. The lowest BCUT2D eigenvalue weighted by Crippen LogP contribution is -2.44. The lowest BCUT2D eigenvalue weighted by Gasteiger charge is -2.27. The molecular formula is C35H41ClN6O2. The van der Waals surface area contributed by atoms with Crippen LogP contribution in [0.4, 0.5) is 5.69 Å². The molecule has 5 aromatic rings. The molecule has 1 aliphatic rings. The van der Waals surface area contributed by atoms with Gasteiger partial charge in [0.15, 0.2) is 0 Å². The van der Waals surface area contributed by atoms with E-state index in [9.17, 15) is 9.90 Å². The molecule has 0 spiro atoms. The number of carboxylic acid groups (broad SMARTS) is 1. The first-order chi connectivity index (χ1) is 21.3. The Hall–Kier alpha value is -3.85. The maximum absolute atomic E-state index is 13.1. The number of rotatable bonds is 10. The maximum Gasteiger partial charge on any atom is 0.352 e. The molecule has 230 valence electrons. The van der Waals surface area contributed by atoms with Gasteiger partial charge in [-0.1, -0.05) is 54.1 Å². The van der Waals surface area contributed by atoms with E-state index < -0.39 is 5.97 Å². The molecule has 0 saturated carbocycles. The predicted octanol–water partition coefficient (Wildman–Crippen LogP) is 6.14. The van der Waals surface area contributed by atoms with E-state index in [1.165, 1.54) is 16.5 Å². The highest BCUT2D eigenvalue weighted by Crippen LogP contribution is 2.42. The minimum Gasteiger partial charge on any atom is -0.477 e. The molecule has 0 atom stereocenters. The van der Waals surface area contributed by atoms with E-state index in [0.29, 0.717) is 23.7 Å². The average Bonchev–Trinajstić information content (AvgIpc) is 3.47. The molecule has 0 radical (unpaired) electrons. The van der Waals surface area contributed by atoms with Crippen molar-refractivity contribution in [1.29, 1.82) is 0 Å². The minimum atomic E-state index is -0.902. The van der Waals surface area contributed by atoms with Crippen LogP contribution in [0.1, 0.15) is 33.9 Å². The second-order valence-electron chi connectivity index (χ2n) is 11.9. The van der Waals surface area contributed by atoms with E-state index in [1.54, 1.807) is 0 Å². The van der Waals surface area contributed by atoms with E-state index in [4.69, 9.17) is 11.6 Å². The van der Waals surface area contributed by atoms with Crippen molar-refractivity contribution in [2.24, 2.45) is 7.05 Å². The lowest BCUT2D eigenvalue weighted by atomic mass is 9.98. The third kappa shape index (κ3) is 5.58. The van der Waals surface area contributed by atoms with Crippen LogP contribution in [0.3, 0.4) is 0 Å². The van der Waals surface area contributed by atoms with E-state index in [-0.39, 0.29) is 0 Å². The molecule has 0 unspecified atom stereocenters. The molecule has 9 heteroatoms. The van der Waals surface area contributed by atoms with Crippen LogP contribution in [0.15, 0.2) is 54.6 Å². The second kappa shape index (κ2) is 12.6. The molecule has 3 heterocycles. The van der Waals surface area contributed by atoms with Crippen LogP contribution < -0.4 is 10.2 Å². The molecule has 0 aliphatic carbocycles. The van der Waals surface area contributed by atoms with Gasteiger partial charge in [0.25, 0.3) is 0 Å². The zero-order valence-electron chi connectivity index (χ0n) is 26.0. The third-order valence-corrected chi connectivity index (χ3v) is 9.50. The van der Waals surface area contributed by atoms with E-state index in [0.717, 1.165) is 84.7 Å². The van der Waals surface area contributed by atoms with Crippen LogP contribution in [0.2, 0.25) is 5.02 Å². The van der Waals surface area contributed by atoms with Gasteiger partial charge in [-0.3, -0.25) is 9.58 Å². The van der Waals surface area contributed by atoms with Gasteiger partial charge in [-0.25, -0.2) is 4.79 Å². The minimum absolute atomic E-state index is 0.366. The van der Waals surface area contributed by atoms with Crippen LogP contribution in [-0.4, -0.2) is 76.6 Å². The highest BCUT2D eigenvalue weighted by Gasteiger charge is 2.28. The summed E-state index contributed by atoms with van der Waals surface area (Å²) in [6.07, 6.45) is 1.44. The Bertz CT molecular complexity index is 1830. The Morgan fingerprint density at radius 1 is 1.00 bits per heavy atom. The molecule has 1 saturated heterocycles. The van der Waals surface area contributed by atoms with E-state index in [2.05, 4.69) is 69.7 Å². The summed E-state index contributed by atoms with van der Waals surface area (Å²) in [5, 5.41) is 22.8.